The van der Waals surface area contributed by atoms with Crippen LogP contribution < -0.4 is 4.52 Å². The Labute approximate surface area is 81.1 Å². The summed E-state index contributed by atoms with van der Waals surface area (Å²) < 4.78 is 16.0. The van der Waals surface area contributed by atoms with Gasteiger partial charge < -0.3 is 14.4 Å². The highest BCUT2D eigenvalue weighted by Crippen LogP contribution is 2.40. The second-order valence-corrected chi connectivity index (χ2v) is 4.88. The Bertz CT molecular complexity index is 499. The van der Waals surface area contributed by atoms with E-state index in [0.717, 1.165) is 17.6 Å². The quantitative estimate of drug-likeness (QED) is 0.749. The number of aromatic amines is 1. The Morgan fingerprint density at radius 1 is 1.43 bits per heavy atom. The molecule has 1 aromatic carbocycles. The number of rotatable bonds is 2. The minimum atomic E-state index is -3.48. The van der Waals surface area contributed by atoms with Gasteiger partial charge in [0.15, 0.2) is 5.75 Å². The second-order valence-electron chi connectivity index (χ2n) is 3.09. The van der Waals surface area contributed by atoms with Crippen molar-refractivity contribution in [2.24, 2.45) is 0 Å². The zero-order valence-electron chi connectivity index (χ0n) is 7.60. The van der Waals surface area contributed by atoms with Gasteiger partial charge in [0.25, 0.3) is 0 Å². The van der Waals surface area contributed by atoms with E-state index in [2.05, 4.69) is 4.98 Å². The van der Waals surface area contributed by atoms with E-state index in [9.17, 15) is 4.57 Å². The molecule has 0 aliphatic heterocycles. The fourth-order valence-electron chi connectivity index (χ4n) is 1.30. The van der Waals surface area contributed by atoms with Crippen LogP contribution in [0.25, 0.3) is 10.9 Å². The molecule has 0 aliphatic carbocycles. The Hall–Kier alpha value is -1.25. The standard InChI is InChI=1S/C9H10NO3P/c1-14(11,12)13-9-6-10-8-5-3-2-4-7(8)9/h2-6,10H,1H3,(H,11,12). The van der Waals surface area contributed by atoms with Crippen molar-refractivity contribution < 1.29 is 14.0 Å². The van der Waals surface area contributed by atoms with Crippen molar-refractivity contribution in [3.05, 3.63) is 30.5 Å². The van der Waals surface area contributed by atoms with Gasteiger partial charge in [-0.3, -0.25) is 0 Å². The summed E-state index contributed by atoms with van der Waals surface area (Å²) in [5, 5.41) is 0.809. The topological polar surface area (TPSA) is 62.3 Å². The molecular weight excluding hydrogens is 201 g/mol. The van der Waals surface area contributed by atoms with Gasteiger partial charge in [0, 0.05) is 23.8 Å². The first-order chi connectivity index (χ1) is 6.56. The number of benzene rings is 1. The first kappa shape index (κ1) is 9.31. The summed E-state index contributed by atoms with van der Waals surface area (Å²) in [4.78, 5) is 12.0. The summed E-state index contributed by atoms with van der Waals surface area (Å²) in [6.45, 7) is 1.16. The van der Waals surface area contributed by atoms with Gasteiger partial charge in [-0.05, 0) is 12.1 Å². The summed E-state index contributed by atoms with van der Waals surface area (Å²) in [6, 6.07) is 7.44. The molecule has 1 unspecified atom stereocenters. The van der Waals surface area contributed by atoms with Gasteiger partial charge in [-0.1, -0.05) is 12.1 Å². The maximum absolute atomic E-state index is 11.0. The third kappa shape index (κ3) is 1.81. The minimum Gasteiger partial charge on any atom is -0.422 e. The van der Waals surface area contributed by atoms with E-state index in [1.807, 2.05) is 24.3 Å². The van der Waals surface area contributed by atoms with Crippen LogP contribution in [0, 0.1) is 0 Å². The van der Waals surface area contributed by atoms with Crippen LogP contribution in [0.2, 0.25) is 0 Å². The first-order valence-electron chi connectivity index (χ1n) is 4.12. The molecule has 0 saturated heterocycles. The molecule has 0 amide bonds. The third-order valence-corrected chi connectivity index (χ3v) is 2.35. The molecule has 74 valence electrons. The second kappa shape index (κ2) is 3.15. The van der Waals surface area contributed by atoms with Crippen LogP contribution in [-0.4, -0.2) is 16.5 Å². The number of hydrogen-bond donors (Lipinski definition) is 2. The van der Waals surface area contributed by atoms with Gasteiger partial charge in [-0.2, -0.15) is 0 Å². The van der Waals surface area contributed by atoms with Crippen LogP contribution in [0.4, 0.5) is 0 Å². The van der Waals surface area contributed by atoms with Crippen molar-refractivity contribution in [2.75, 3.05) is 6.66 Å². The number of H-pyrrole nitrogens is 1. The number of hydrogen-bond acceptors (Lipinski definition) is 2. The predicted octanol–water partition coefficient (Wildman–Crippen LogP) is 2.36. The molecule has 0 radical (unpaired) electrons. The minimum absolute atomic E-state index is 0.411. The third-order valence-electron chi connectivity index (χ3n) is 1.82. The molecule has 0 bridgehead atoms. The highest BCUT2D eigenvalue weighted by molar-refractivity contribution is 7.52. The zero-order valence-corrected chi connectivity index (χ0v) is 8.49. The van der Waals surface area contributed by atoms with Crippen LogP contribution in [0.3, 0.4) is 0 Å². The normalized spacial score (nSPS) is 15.3. The molecular formula is C9H10NO3P. The molecule has 0 spiro atoms. The van der Waals surface area contributed by atoms with Crippen molar-refractivity contribution in [2.45, 2.75) is 0 Å². The monoisotopic (exact) mass is 211 g/mol. The average Bonchev–Trinajstić information content (AvgIpc) is 2.47. The highest BCUT2D eigenvalue weighted by Gasteiger charge is 2.14. The number of fused-ring (bicyclic) bond motifs is 1. The van der Waals surface area contributed by atoms with Crippen molar-refractivity contribution in [1.82, 2.24) is 4.98 Å². The van der Waals surface area contributed by atoms with Crippen LogP contribution in [0.1, 0.15) is 0 Å². The largest absolute Gasteiger partial charge is 0.422 e. The van der Waals surface area contributed by atoms with Gasteiger partial charge in [0.1, 0.15) is 0 Å². The fraction of sp³-hybridized carbons (Fsp3) is 0.111. The van der Waals surface area contributed by atoms with Crippen molar-refractivity contribution >= 4 is 18.5 Å². The van der Waals surface area contributed by atoms with Crippen molar-refractivity contribution in [3.8, 4) is 5.75 Å². The smallest absolute Gasteiger partial charge is 0.373 e. The summed E-state index contributed by atoms with van der Waals surface area (Å²) in [5.74, 6) is 0.411. The van der Waals surface area contributed by atoms with E-state index >= 15 is 0 Å². The van der Waals surface area contributed by atoms with E-state index in [0.29, 0.717) is 5.75 Å². The summed E-state index contributed by atoms with van der Waals surface area (Å²) in [6.07, 6.45) is 1.58. The molecule has 4 nitrogen and oxygen atoms in total. The lowest BCUT2D eigenvalue weighted by Gasteiger charge is -2.06. The van der Waals surface area contributed by atoms with Crippen LogP contribution >= 0.6 is 7.60 Å². The molecule has 1 aromatic heterocycles. The molecule has 5 heteroatoms. The number of aromatic nitrogens is 1. The van der Waals surface area contributed by atoms with E-state index in [-0.39, 0.29) is 0 Å². The number of para-hydroxylation sites is 1. The predicted molar refractivity (Wildman–Crippen MR) is 54.7 cm³/mol. The van der Waals surface area contributed by atoms with E-state index in [1.165, 1.54) is 0 Å². The highest BCUT2D eigenvalue weighted by atomic mass is 31.2. The summed E-state index contributed by atoms with van der Waals surface area (Å²) >= 11 is 0. The van der Waals surface area contributed by atoms with Gasteiger partial charge >= 0.3 is 7.60 Å². The Kier molecular flexibility index (Phi) is 2.10. The van der Waals surface area contributed by atoms with Crippen LogP contribution in [-0.2, 0) is 4.57 Å². The molecule has 0 aliphatic rings. The Morgan fingerprint density at radius 3 is 2.86 bits per heavy atom. The van der Waals surface area contributed by atoms with Gasteiger partial charge in [0.2, 0.25) is 0 Å². The van der Waals surface area contributed by atoms with Crippen LogP contribution in [0.5, 0.6) is 5.75 Å². The van der Waals surface area contributed by atoms with Crippen molar-refractivity contribution in [3.63, 3.8) is 0 Å². The molecule has 1 atom stereocenters. The number of nitrogens with one attached hydrogen (secondary N) is 1. The van der Waals surface area contributed by atoms with E-state index < -0.39 is 7.60 Å². The lowest BCUT2D eigenvalue weighted by Crippen LogP contribution is -1.87. The molecule has 0 fully saturated rings. The molecule has 2 N–H and O–H groups in total. The molecule has 2 rings (SSSR count). The lowest BCUT2D eigenvalue weighted by molar-refractivity contribution is 0.389. The van der Waals surface area contributed by atoms with Crippen molar-refractivity contribution in [1.29, 1.82) is 0 Å². The fourth-order valence-corrected chi connectivity index (χ4v) is 1.82. The van der Waals surface area contributed by atoms with Gasteiger partial charge in [-0.25, -0.2) is 4.57 Å². The molecule has 1 heterocycles. The lowest BCUT2D eigenvalue weighted by atomic mass is 10.2. The Balaban J connectivity index is 2.49. The van der Waals surface area contributed by atoms with E-state index in [4.69, 9.17) is 9.42 Å². The summed E-state index contributed by atoms with van der Waals surface area (Å²) in [5.41, 5.74) is 0.885. The maximum atomic E-state index is 11.0. The van der Waals surface area contributed by atoms with Gasteiger partial charge in [-0.15, -0.1) is 0 Å². The first-order valence-corrected chi connectivity index (χ1v) is 6.15. The maximum Gasteiger partial charge on any atom is 0.373 e. The van der Waals surface area contributed by atoms with Crippen LogP contribution in [0.15, 0.2) is 30.5 Å². The van der Waals surface area contributed by atoms with E-state index in [1.54, 1.807) is 6.20 Å². The summed E-state index contributed by atoms with van der Waals surface area (Å²) in [7, 11) is -3.48. The average molecular weight is 211 g/mol. The SMILES string of the molecule is CP(=O)(O)Oc1c[nH]c2ccccc12. The zero-order chi connectivity index (χ0) is 10.2. The van der Waals surface area contributed by atoms with Gasteiger partial charge in [0.05, 0.1) is 0 Å². The molecule has 0 saturated carbocycles. The molecule has 14 heavy (non-hydrogen) atoms. The molecule has 2 aromatic rings. The Morgan fingerprint density at radius 2 is 2.14 bits per heavy atom.